The molecular formula is C14H19NO3. The second-order valence-electron chi connectivity index (χ2n) is 4.71. The number of ether oxygens (including phenoxy) is 2. The van der Waals surface area contributed by atoms with Gasteiger partial charge in [0.15, 0.2) is 0 Å². The summed E-state index contributed by atoms with van der Waals surface area (Å²) >= 11 is 0. The van der Waals surface area contributed by atoms with Gasteiger partial charge in [0.2, 0.25) is 0 Å². The molecular weight excluding hydrogens is 230 g/mol. The number of nitrogens with zero attached hydrogens (tertiary/aromatic N) is 1. The molecule has 18 heavy (non-hydrogen) atoms. The molecule has 0 radical (unpaired) electrons. The molecule has 4 heteroatoms. The molecule has 1 atom stereocenters. The molecule has 1 aliphatic heterocycles. The largest absolute Gasteiger partial charge is 0.493 e. The molecule has 98 valence electrons. The Hall–Kier alpha value is -1.55. The Morgan fingerprint density at radius 2 is 2.22 bits per heavy atom. The van der Waals surface area contributed by atoms with E-state index in [4.69, 9.17) is 9.47 Å². The number of aryl methyl sites for hydroxylation is 1. The Labute approximate surface area is 107 Å². The number of methoxy groups -OCH3 is 1. The number of esters is 1. The van der Waals surface area contributed by atoms with Crippen LogP contribution in [-0.4, -0.2) is 38.7 Å². The number of likely N-dealkylation sites (N-methyl/N-ethyl adjacent to an activating group) is 1. The van der Waals surface area contributed by atoms with Crippen LogP contribution in [0.3, 0.4) is 0 Å². The third-order valence-corrected chi connectivity index (χ3v) is 3.19. The van der Waals surface area contributed by atoms with E-state index < -0.39 is 0 Å². The van der Waals surface area contributed by atoms with Crippen LogP contribution in [0.1, 0.15) is 23.6 Å². The van der Waals surface area contributed by atoms with Crippen molar-refractivity contribution in [2.75, 3.05) is 27.8 Å². The second-order valence-corrected chi connectivity index (χ2v) is 4.71. The molecule has 0 aliphatic carbocycles. The normalized spacial score (nSPS) is 15.8. The van der Waals surface area contributed by atoms with Gasteiger partial charge in [-0.2, -0.15) is 0 Å². The Kier molecular flexibility index (Phi) is 3.87. The molecule has 0 spiro atoms. The van der Waals surface area contributed by atoms with Gasteiger partial charge in [-0.3, -0.25) is 4.90 Å². The molecule has 0 saturated carbocycles. The van der Waals surface area contributed by atoms with Crippen molar-refractivity contribution in [1.29, 1.82) is 0 Å². The molecule has 4 nitrogen and oxygen atoms in total. The van der Waals surface area contributed by atoms with E-state index in [1.807, 2.05) is 31.1 Å². The van der Waals surface area contributed by atoms with Crippen molar-refractivity contribution >= 4 is 5.97 Å². The van der Waals surface area contributed by atoms with Crippen LogP contribution in [-0.2, 0) is 16.0 Å². The first-order valence-electron chi connectivity index (χ1n) is 6.13. The van der Waals surface area contributed by atoms with Crippen LogP contribution in [0, 0.1) is 0 Å². The van der Waals surface area contributed by atoms with E-state index in [1.165, 1.54) is 12.7 Å². The molecule has 1 aromatic carbocycles. The van der Waals surface area contributed by atoms with Crippen molar-refractivity contribution in [3.63, 3.8) is 0 Å². The van der Waals surface area contributed by atoms with E-state index >= 15 is 0 Å². The lowest BCUT2D eigenvalue weighted by Gasteiger charge is -2.24. The molecule has 0 bridgehead atoms. The Morgan fingerprint density at radius 3 is 2.89 bits per heavy atom. The minimum Gasteiger partial charge on any atom is -0.493 e. The minimum atomic E-state index is -0.359. The van der Waals surface area contributed by atoms with Crippen LogP contribution in [0.25, 0.3) is 0 Å². The maximum Gasteiger partial charge on any atom is 0.327 e. The SMILES string of the molecule is COC(=O)C(c1ccc2c(c1)CCCO2)N(C)C. The van der Waals surface area contributed by atoms with Gasteiger partial charge in [-0.1, -0.05) is 6.07 Å². The molecule has 1 unspecified atom stereocenters. The van der Waals surface area contributed by atoms with Crippen LogP contribution >= 0.6 is 0 Å². The van der Waals surface area contributed by atoms with E-state index in [1.54, 1.807) is 0 Å². The topological polar surface area (TPSA) is 38.8 Å². The molecule has 0 fully saturated rings. The molecule has 0 aromatic heterocycles. The molecule has 1 aromatic rings. The Morgan fingerprint density at radius 1 is 1.44 bits per heavy atom. The first-order chi connectivity index (χ1) is 8.63. The molecule has 1 heterocycles. The van der Waals surface area contributed by atoms with E-state index in [9.17, 15) is 4.79 Å². The molecule has 1 aliphatic rings. The van der Waals surface area contributed by atoms with Gasteiger partial charge < -0.3 is 9.47 Å². The number of hydrogen-bond acceptors (Lipinski definition) is 4. The van der Waals surface area contributed by atoms with Gasteiger partial charge >= 0.3 is 5.97 Å². The highest BCUT2D eigenvalue weighted by Crippen LogP contribution is 2.29. The number of fused-ring (bicyclic) bond motifs is 1. The fourth-order valence-corrected chi connectivity index (χ4v) is 2.31. The molecule has 0 amide bonds. The maximum atomic E-state index is 11.8. The predicted molar refractivity (Wildman–Crippen MR) is 68.7 cm³/mol. The molecule has 2 rings (SSSR count). The zero-order valence-electron chi connectivity index (χ0n) is 11.1. The summed E-state index contributed by atoms with van der Waals surface area (Å²) in [5.41, 5.74) is 2.13. The first-order valence-corrected chi connectivity index (χ1v) is 6.13. The standard InChI is InChI=1S/C14H19NO3/c1-15(2)13(14(16)17-3)11-6-7-12-10(9-11)5-4-8-18-12/h6-7,9,13H,4-5,8H2,1-3H3. The van der Waals surface area contributed by atoms with Gasteiger partial charge in [0.1, 0.15) is 11.8 Å². The third-order valence-electron chi connectivity index (χ3n) is 3.19. The average molecular weight is 249 g/mol. The number of rotatable bonds is 3. The lowest BCUT2D eigenvalue weighted by molar-refractivity contribution is -0.146. The number of hydrogen-bond donors (Lipinski definition) is 0. The van der Waals surface area contributed by atoms with Crippen LogP contribution in [0.4, 0.5) is 0 Å². The van der Waals surface area contributed by atoms with E-state index in [0.717, 1.165) is 30.8 Å². The second kappa shape index (κ2) is 5.40. The monoisotopic (exact) mass is 249 g/mol. The van der Waals surface area contributed by atoms with Crippen molar-refractivity contribution in [3.8, 4) is 5.75 Å². The number of benzene rings is 1. The van der Waals surface area contributed by atoms with Gasteiger partial charge in [0.25, 0.3) is 0 Å². The Bertz CT molecular complexity index is 443. The zero-order valence-corrected chi connectivity index (χ0v) is 11.1. The third kappa shape index (κ3) is 2.48. The highest BCUT2D eigenvalue weighted by Gasteiger charge is 2.25. The van der Waals surface area contributed by atoms with Crippen molar-refractivity contribution in [3.05, 3.63) is 29.3 Å². The van der Waals surface area contributed by atoms with E-state index in [2.05, 4.69) is 6.07 Å². The smallest absolute Gasteiger partial charge is 0.327 e. The first kappa shape index (κ1) is 12.9. The summed E-state index contributed by atoms with van der Waals surface area (Å²) in [6.45, 7) is 0.778. The summed E-state index contributed by atoms with van der Waals surface area (Å²) in [4.78, 5) is 13.7. The quantitative estimate of drug-likeness (QED) is 0.766. The van der Waals surface area contributed by atoms with Gasteiger partial charge in [-0.15, -0.1) is 0 Å². The van der Waals surface area contributed by atoms with Crippen LogP contribution in [0.5, 0.6) is 5.75 Å². The van der Waals surface area contributed by atoms with Crippen molar-refractivity contribution in [1.82, 2.24) is 4.90 Å². The lowest BCUT2D eigenvalue weighted by atomic mass is 9.99. The van der Waals surface area contributed by atoms with Crippen molar-refractivity contribution in [2.45, 2.75) is 18.9 Å². The van der Waals surface area contributed by atoms with Gasteiger partial charge in [0, 0.05) is 0 Å². The van der Waals surface area contributed by atoms with Gasteiger partial charge in [-0.05, 0) is 50.2 Å². The zero-order chi connectivity index (χ0) is 13.1. The van der Waals surface area contributed by atoms with Crippen LogP contribution in [0.2, 0.25) is 0 Å². The lowest BCUT2D eigenvalue weighted by Crippen LogP contribution is -2.28. The summed E-state index contributed by atoms with van der Waals surface area (Å²) in [6, 6.07) is 5.58. The summed E-state index contributed by atoms with van der Waals surface area (Å²) in [5, 5.41) is 0. The predicted octanol–water partition coefficient (Wildman–Crippen LogP) is 1.79. The minimum absolute atomic E-state index is 0.239. The maximum absolute atomic E-state index is 11.8. The van der Waals surface area contributed by atoms with Gasteiger partial charge in [-0.25, -0.2) is 4.79 Å². The average Bonchev–Trinajstić information content (AvgIpc) is 2.38. The van der Waals surface area contributed by atoms with Crippen LogP contribution in [0.15, 0.2) is 18.2 Å². The van der Waals surface area contributed by atoms with Crippen molar-refractivity contribution < 1.29 is 14.3 Å². The fraction of sp³-hybridized carbons (Fsp3) is 0.500. The van der Waals surface area contributed by atoms with E-state index in [0.29, 0.717) is 0 Å². The van der Waals surface area contributed by atoms with Crippen LogP contribution < -0.4 is 4.74 Å². The highest BCUT2D eigenvalue weighted by molar-refractivity contribution is 5.77. The van der Waals surface area contributed by atoms with Crippen molar-refractivity contribution in [2.24, 2.45) is 0 Å². The number of carbonyl (C=O) groups is 1. The number of carbonyl (C=O) groups excluding carboxylic acids is 1. The Balaban J connectivity index is 2.33. The summed E-state index contributed by atoms with van der Waals surface area (Å²) < 4.78 is 10.4. The fourth-order valence-electron chi connectivity index (χ4n) is 2.31. The van der Waals surface area contributed by atoms with Gasteiger partial charge in [0.05, 0.1) is 13.7 Å². The van der Waals surface area contributed by atoms with E-state index in [-0.39, 0.29) is 12.0 Å². The molecule has 0 saturated heterocycles. The molecule has 0 N–H and O–H groups in total. The highest BCUT2D eigenvalue weighted by atomic mass is 16.5. The summed E-state index contributed by atoms with van der Waals surface area (Å²) in [5.74, 6) is 0.698. The summed E-state index contributed by atoms with van der Waals surface area (Å²) in [7, 11) is 5.16. The summed E-state index contributed by atoms with van der Waals surface area (Å²) in [6.07, 6.45) is 2.03.